The molecule has 0 spiro atoms. The van der Waals surface area contributed by atoms with Crippen molar-refractivity contribution in [3.8, 4) is 0 Å². The summed E-state index contributed by atoms with van der Waals surface area (Å²) in [6.07, 6.45) is 2.41. The maximum absolute atomic E-state index is 12.3. The van der Waals surface area contributed by atoms with E-state index in [4.69, 9.17) is 28.2 Å². The summed E-state index contributed by atoms with van der Waals surface area (Å²) >= 11 is 6.25. The van der Waals surface area contributed by atoms with Crippen LogP contribution in [0.25, 0.3) is 0 Å². The monoisotopic (exact) mass is 432 g/mol. The van der Waals surface area contributed by atoms with Crippen molar-refractivity contribution in [2.24, 2.45) is 28.3 Å². The normalized spacial score (nSPS) is 11.3. The number of hydrogen-bond acceptors (Lipinski definition) is 4. The van der Waals surface area contributed by atoms with Gasteiger partial charge in [0, 0.05) is 28.9 Å². The molecule has 0 bridgehead atoms. The molecule has 0 unspecified atom stereocenters. The number of carbonyl (C=O) groups is 2. The predicted molar refractivity (Wildman–Crippen MR) is 120 cm³/mol. The first kappa shape index (κ1) is 25.3. The molecule has 2 rings (SSSR count). The lowest BCUT2D eigenvalue weighted by molar-refractivity contribution is -0.140. The van der Waals surface area contributed by atoms with Crippen LogP contribution in [0.4, 0.5) is 0 Å². The third-order valence-corrected chi connectivity index (χ3v) is 4.33. The Labute approximate surface area is 182 Å². The quantitative estimate of drug-likeness (QED) is 0.471. The fourth-order valence-electron chi connectivity index (χ4n) is 2.22. The minimum Gasteiger partial charge on any atom is -0.481 e. The number of aliphatic carboxylic acids is 1. The van der Waals surface area contributed by atoms with Crippen molar-refractivity contribution in [1.82, 2.24) is 4.98 Å². The molecule has 0 aliphatic rings. The summed E-state index contributed by atoms with van der Waals surface area (Å²) < 4.78 is 0. The van der Waals surface area contributed by atoms with Crippen molar-refractivity contribution in [1.29, 1.82) is 0 Å². The minimum atomic E-state index is -0.741. The summed E-state index contributed by atoms with van der Waals surface area (Å²) in [5.41, 5.74) is 14.1. The fraction of sp³-hybridized carbons (Fsp3) is 0.364. The molecule has 0 fully saturated rings. The zero-order chi connectivity index (χ0) is 22.8. The highest BCUT2D eigenvalue weighted by atomic mass is 35.5. The topological polar surface area (TPSA) is 132 Å². The van der Waals surface area contributed by atoms with Crippen LogP contribution in [0.2, 0.25) is 5.02 Å². The molecule has 0 saturated carbocycles. The summed E-state index contributed by atoms with van der Waals surface area (Å²) in [4.78, 5) is 30.0. The molecule has 0 saturated heterocycles. The van der Waals surface area contributed by atoms with Crippen LogP contribution in [-0.2, 0) is 17.8 Å². The van der Waals surface area contributed by atoms with Gasteiger partial charge in [-0.25, -0.2) is 0 Å². The third kappa shape index (κ3) is 8.31. The maximum atomic E-state index is 12.3. The Kier molecular flexibility index (Phi) is 10.1. The summed E-state index contributed by atoms with van der Waals surface area (Å²) in [7, 11) is 0. The van der Waals surface area contributed by atoms with Gasteiger partial charge in [0.05, 0.1) is 11.6 Å². The van der Waals surface area contributed by atoms with Crippen LogP contribution in [-0.4, -0.2) is 27.8 Å². The van der Waals surface area contributed by atoms with Crippen LogP contribution < -0.4 is 11.5 Å². The van der Waals surface area contributed by atoms with Gasteiger partial charge in [-0.05, 0) is 42.2 Å². The summed E-state index contributed by atoms with van der Waals surface area (Å²) in [6, 6.07) is 8.70. The highest BCUT2D eigenvalue weighted by Gasteiger charge is 2.11. The van der Waals surface area contributed by atoms with E-state index in [1.54, 1.807) is 44.3 Å². The van der Waals surface area contributed by atoms with Crippen molar-refractivity contribution >= 4 is 29.3 Å². The molecule has 1 heterocycles. The zero-order valence-corrected chi connectivity index (χ0v) is 18.5. The van der Waals surface area contributed by atoms with Crippen molar-refractivity contribution in [2.75, 3.05) is 0 Å². The molecule has 0 radical (unpaired) electrons. The second-order valence-electron chi connectivity index (χ2n) is 7.44. The van der Waals surface area contributed by atoms with Gasteiger partial charge in [0.2, 0.25) is 0 Å². The summed E-state index contributed by atoms with van der Waals surface area (Å²) in [6.45, 7) is 7.86. The van der Waals surface area contributed by atoms with Gasteiger partial charge in [0.15, 0.2) is 0 Å². The van der Waals surface area contributed by atoms with Gasteiger partial charge >= 0.3 is 5.97 Å². The van der Waals surface area contributed by atoms with E-state index in [1.165, 1.54) is 0 Å². The highest BCUT2D eigenvalue weighted by molar-refractivity contribution is 6.31. The Morgan fingerprint density at radius 3 is 2.17 bits per heavy atom. The van der Waals surface area contributed by atoms with E-state index in [2.05, 4.69) is 23.8 Å². The van der Waals surface area contributed by atoms with E-state index < -0.39 is 11.9 Å². The standard InChI is InChI=1S/C18H21ClN4O.C4H8O2/c1-11(2)7-12-3-4-13(8-16(12)19)18(24)23-17(21)14-5-6-15(9-20)22-10-14;1-3(2)4(5)6/h3-6,8,10-11H,7,9,20H2,1-2H3,(H2,21,23,24);3H,1-2H3,(H,5,6). The number of nitrogens with two attached hydrogens (primary N) is 2. The van der Waals surface area contributed by atoms with Crippen LogP contribution in [0, 0.1) is 11.8 Å². The second-order valence-corrected chi connectivity index (χ2v) is 7.85. The van der Waals surface area contributed by atoms with E-state index >= 15 is 0 Å². The van der Waals surface area contributed by atoms with Crippen molar-refractivity contribution in [3.63, 3.8) is 0 Å². The Morgan fingerprint density at radius 1 is 1.13 bits per heavy atom. The lowest BCUT2D eigenvalue weighted by atomic mass is 10.0. The zero-order valence-electron chi connectivity index (χ0n) is 17.7. The van der Waals surface area contributed by atoms with Gasteiger partial charge in [0.1, 0.15) is 5.84 Å². The van der Waals surface area contributed by atoms with E-state index in [0.717, 1.165) is 17.7 Å². The average molecular weight is 433 g/mol. The highest BCUT2D eigenvalue weighted by Crippen LogP contribution is 2.21. The number of rotatable bonds is 6. The van der Waals surface area contributed by atoms with Crippen molar-refractivity contribution in [3.05, 3.63) is 63.9 Å². The molecule has 8 heteroatoms. The fourth-order valence-corrected chi connectivity index (χ4v) is 2.48. The molecule has 0 atom stereocenters. The SMILES string of the molecule is CC(C)C(=O)O.CC(C)Cc1ccc(C(=O)N=C(N)c2ccc(CN)nc2)cc1Cl. The number of hydrogen-bond donors (Lipinski definition) is 3. The van der Waals surface area contributed by atoms with Crippen LogP contribution in [0.5, 0.6) is 0 Å². The first-order valence-corrected chi connectivity index (χ1v) is 9.98. The Morgan fingerprint density at radius 2 is 1.73 bits per heavy atom. The lowest BCUT2D eigenvalue weighted by Gasteiger charge is -2.08. The number of aliphatic imine (C=N–C) groups is 1. The van der Waals surface area contributed by atoms with E-state index in [9.17, 15) is 9.59 Å². The number of aromatic nitrogens is 1. The minimum absolute atomic E-state index is 0.110. The molecule has 1 aromatic carbocycles. The molecule has 2 aromatic rings. The number of amidine groups is 1. The lowest BCUT2D eigenvalue weighted by Crippen LogP contribution is -2.16. The van der Waals surface area contributed by atoms with Crippen LogP contribution in [0.1, 0.15) is 54.9 Å². The molecule has 7 nitrogen and oxygen atoms in total. The first-order valence-electron chi connectivity index (χ1n) is 9.60. The van der Waals surface area contributed by atoms with Crippen LogP contribution >= 0.6 is 11.6 Å². The van der Waals surface area contributed by atoms with Crippen LogP contribution in [0.3, 0.4) is 0 Å². The Bertz CT molecular complexity index is 894. The molecule has 1 aromatic heterocycles. The third-order valence-electron chi connectivity index (χ3n) is 3.97. The second kappa shape index (κ2) is 12.0. The molecule has 0 aliphatic heterocycles. The number of amides is 1. The molecule has 5 N–H and O–H groups in total. The van der Waals surface area contributed by atoms with Crippen molar-refractivity contribution < 1.29 is 14.7 Å². The van der Waals surface area contributed by atoms with E-state index in [-0.39, 0.29) is 11.8 Å². The van der Waals surface area contributed by atoms with Crippen molar-refractivity contribution in [2.45, 2.75) is 40.7 Å². The number of pyridine rings is 1. The summed E-state index contributed by atoms with van der Waals surface area (Å²) in [5, 5.41) is 8.56. The molecular formula is C22H29ClN4O3. The summed E-state index contributed by atoms with van der Waals surface area (Å²) in [5.74, 6) is -0.812. The number of halogens is 1. The van der Waals surface area contributed by atoms with Gasteiger partial charge < -0.3 is 16.6 Å². The Balaban J connectivity index is 0.000000656. The number of carboxylic acids is 1. The smallest absolute Gasteiger partial charge is 0.305 e. The van der Waals surface area contributed by atoms with E-state index in [1.807, 2.05) is 6.07 Å². The van der Waals surface area contributed by atoms with Gasteiger partial charge in [-0.2, -0.15) is 4.99 Å². The molecule has 30 heavy (non-hydrogen) atoms. The predicted octanol–water partition coefficient (Wildman–Crippen LogP) is 3.66. The van der Waals surface area contributed by atoms with Gasteiger partial charge in [-0.15, -0.1) is 0 Å². The Hall–Kier alpha value is -2.77. The van der Waals surface area contributed by atoms with E-state index in [0.29, 0.717) is 28.6 Å². The van der Waals surface area contributed by atoms with Gasteiger partial charge in [0.25, 0.3) is 5.91 Å². The molecule has 0 aliphatic carbocycles. The number of carboxylic acid groups (broad SMARTS) is 1. The first-order chi connectivity index (χ1) is 14.0. The van der Waals surface area contributed by atoms with Crippen LogP contribution in [0.15, 0.2) is 41.5 Å². The largest absolute Gasteiger partial charge is 0.481 e. The molecule has 162 valence electrons. The molecule has 1 amide bonds. The average Bonchev–Trinajstić information content (AvgIpc) is 2.69. The maximum Gasteiger partial charge on any atom is 0.305 e. The number of benzene rings is 1. The van der Waals surface area contributed by atoms with Gasteiger partial charge in [-0.3, -0.25) is 14.6 Å². The number of carbonyl (C=O) groups excluding carboxylic acids is 1. The molecular weight excluding hydrogens is 404 g/mol. The van der Waals surface area contributed by atoms with Gasteiger partial charge in [-0.1, -0.05) is 45.4 Å². The number of nitrogens with zero attached hydrogens (tertiary/aromatic N) is 2.